The lowest BCUT2D eigenvalue weighted by molar-refractivity contribution is 0.0735. The van der Waals surface area contributed by atoms with E-state index in [4.69, 9.17) is 4.74 Å². The Morgan fingerprint density at radius 1 is 1.12 bits per heavy atom. The minimum atomic E-state index is -0.379. The van der Waals surface area contributed by atoms with Crippen molar-refractivity contribution in [2.45, 2.75) is 19.0 Å². The number of aromatic nitrogens is 2. The molecule has 1 unspecified atom stereocenters. The number of ether oxygens (including phenoxy) is 1. The van der Waals surface area contributed by atoms with E-state index in [1.54, 1.807) is 42.3 Å². The van der Waals surface area contributed by atoms with Crippen LogP contribution in [0.4, 0.5) is 0 Å². The van der Waals surface area contributed by atoms with Crippen LogP contribution in [0.5, 0.6) is 5.75 Å². The van der Waals surface area contributed by atoms with Crippen molar-refractivity contribution in [3.05, 3.63) is 76.2 Å². The first kappa shape index (κ1) is 21.9. The highest BCUT2D eigenvalue weighted by Crippen LogP contribution is 2.33. The van der Waals surface area contributed by atoms with Crippen molar-refractivity contribution in [2.24, 2.45) is 0 Å². The van der Waals surface area contributed by atoms with Gasteiger partial charge in [0, 0.05) is 30.6 Å². The van der Waals surface area contributed by atoms with Crippen molar-refractivity contribution in [2.75, 3.05) is 27.2 Å². The monoisotopic (exact) mass is 458 g/mol. The lowest BCUT2D eigenvalue weighted by atomic mass is 10.1. The standard InChI is InChI=1S/C26H26N4O4/c1-29(17-12-13-27-14-17)26(33)23-24(34-2)21-22(28-23)18-10-6-7-11-19(18)30(25(21)32)15-20(31)16-8-4-3-5-9-16/h3-11,17,27-28H,12-15H2,1-2H3. The fraction of sp³-hybridized carbons (Fsp3) is 0.269. The molecule has 3 heterocycles. The Bertz CT molecular complexity index is 1450. The number of pyridine rings is 1. The number of likely N-dealkylation sites (N-methyl/N-ethyl adjacent to an activating group) is 1. The molecule has 1 aliphatic heterocycles. The van der Waals surface area contributed by atoms with Crippen LogP contribution >= 0.6 is 0 Å². The Balaban J connectivity index is 1.68. The number of carbonyl (C=O) groups is 2. The first-order chi connectivity index (χ1) is 16.5. The topological polar surface area (TPSA) is 96.4 Å². The van der Waals surface area contributed by atoms with E-state index in [0.29, 0.717) is 16.6 Å². The zero-order chi connectivity index (χ0) is 23.8. The summed E-state index contributed by atoms with van der Waals surface area (Å²) in [6, 6.07) is 16.3. The summed E-state index contributed by atoms with van der Waals surface area (Å²) in [5, 5.41) is 4.27. The van der Waals surface area contributed by atoms with Crippen molar-refractivity contribution in [1.82, 2.24) is 19.8 Å². The number of nitrogens with one attached hydrogen (secondary N) is 2. The molecule has 0 bridgehead atoms. The van der Waals surface area contributed by atoms with Crippen molar-refractivity contribution in [3.63, 3.8) is 0 Å². The number of ketones is 1. The van der Waals surface area contributed by atoms with Gasteiger partial charge in [0.25, 0.3) is 11.5 Å². The second-order valence-electron chi connectivity index (χ2n) is 8.54. The van der Waals surface area contributed by atoms with Gasteiger partial charge in [-0.25, -0.2) is 0 Å². The second-order valence-corrected chi connectivity index (χ2v) is 8.54. The molecule has 1 saturated heterocycles. The van der Waals surface area contributed by atoms with Gasteiger partial charge in [0.05, 0.1) is 24.7 Å². The van der Waals surface area contributed by atoms with Gasteiger partial charge in [-0.3, -0.25) is 19.0 Å². The molecule has 1 aliphatic rings. The summed E-state index contributed by atoms with van der Waals surface area (Å²) in [5.74, 6) is -0.210. The Morgan fingerprint density at radius 3 is 2.56 bits per heavy atom. The maximum Gasteiger partial charge on any atom is 0.274 e. The van der Waals surface area contributed by atoms with Crippen LogP contribution in [-0.4, -0.2) is 59.4 Å². The van der Waals surface area contributed by atoms with Crippen LogP contribution in [0.25, 0.3) is 21.8 Å². The van der Waals surface area contributed by atoms with Gasteiger partial charge in [-0.1, -0.05) is 48.5 Å². The van der Waals surface area contributed by atoms with Gasteiger partial charge in [-0.15, -0.1) is 0 Å². The summed E-state index contributed by atoms with van der Waals surface area (Å²) in [5.41, 5.74) is 1.53. The Hall–Kier alpha value is -3.91. The molecule has 0 aliphatic carbocycles. The normalized spacial score (nSPS) is 15.6. The van der Waals surface area contributed by atoms with Crippen LogP contribution < -0.4 is 15.6 Å². The summed E-state index contributed by atoms with van der Waals surface area (Å²) in [7, 11) is 3.21. The third-order valence-corrected chi connectivity index (χ3v) is 6.60. The van der Waals surface area contributed by atoms with Gasteiger partial charge in [-0.2, -0.15) is 0 Å². The van der Waals surface area contributed by atoms with E-state index in [9.17, 15) is 14.4 Å². The minimum absolute atomic E-state index is 0.0699. The zero-order valence-corrected chi connectivity index (χ0v) is 19.1. The largest absolute Gasteiger partial charge is 0.493 e. The molecule has 2 N–H and O–H groups in total. The number of benzene rings is 2. The summed E-state index contributed by atoms with van der Waals surface area (Å²) < 4.78 is 7.07. The van der Waals surface area contributed by atoms with Crippen molar-refractivity contribution in [1.29, 1.82) is 0 Å². The Labute approximate surface area is 196 Å². The molecule has 34 heavy (non-hydrogen) atoms. The van der Waals surface area contributed by atoms with E-state index < -0.39 is 0 Å². The summed E-state index contributed by atoms with van der Waals surface area (Å²) in [4.78, 5) is 45.0. The smallest absolute Gasteiger partial charge is 0.274 e. The van der Waals surface area contributed by atoms with Gasteiger partial charge in [0.2, 0.25) is 0 Å². The molecule has 8 heteroatoms. The van der Waals surface area contributed by atoms with Gasteiger partial charge < -0.3 is 19.9 Å². The number of nitrogens with zero attached hydrogens (tertiary/aromatic N) is 2. The molecule has 5 rings (SSSR count). The number of amides is 1. The molecule has 2 aromatic heterocycles. The molecular weight excluding hydrogens is 432 g/mol. The average molecular weight is 459 g/mol. The lowest BCUT2D eigenvalue weighted by Gasteiger charge is -2.23. The SMILES string of the molecule is COc1c(C(=O)N(C)C2CCNC2)[nH]c2c1c(=O)n(CC(=O)c1ccccc1)c1ccccc21. The molecule has 1 atom stereocenters. The summed E-state index contributed by atoms with van der Waals surface area (Å²) in [6.45, 7) is 1.46. The highest BCUT2D eigenvalue weighted by Gasteiger charge is 2.30. The molecule has 8 nitrogen and oxygen atoms in total. The summed E-state index contributed by atoms with van der Waals surface area (Å²) >= 11 is 0. The van der Waals surface area contributed by atoms with Crippen LogP contribution in [-0.2, 0) is 6.54 Å². The molecule has 174 valence electrons. The zero-order valence-electron chi connectivity index (χ0n) is 19.1. The van der Waals surface area contributed by atoms with E-state index in [-0.39, 0.29) is 46.7 Å². The molecule has 2 aromatic carbocycles. The number of aromatic amines is 1. The number of methoxy groups -OCH3 is 1. The van der Waals surface area contributed by atoms with E-state index in [1.807, 2.05) is 24.3 Å². The third-order valence-electron chi connectivity index (χ3n) is 6.60. The molecule has 1 fully saturated rings. The number of hydrogen-bond acceptors (Lipinski definition) is 5. The van der Waals surface area contributed by atoms with Gasteiger partial charge in [0.1, 0.15) is 11.1 Å². The number of para-hydroxylation sites is 1. The molecule has 0 spiro atoms. The predicted octanol–water partition coefficient (Wildman–Crippen LogP) is 2.81. The fourth-order valence-electron chi connectivity index (χ4n) is 4.74. The first-order valence-electron chi connectivity index (χ1n) is 11.3. The Morgan fingerprint density at radius 2 is 1.85 bits per heavy atom. The van der Waals surface area contributed by atoms with E-state index in [2.05, 4.69) is 10.3 Å². The number of H-pyrrole nitrogens is 1. The van der Waals surface area contributed by atoms with Gasteiger partial charge >= 0.3 is 0 Å². The quantitative estimate of drug-likeness (QED) is 0.433. The predicted molar refractivity (Wildman–Crippen MR) is 131 cm³/mol. The highest BCUT2D eigenvalue weighted by molar-refractivity contribution is 6.11. The van der Waals surface area contributed by atoms with Crippen LogP contribution in [0.15, 0.2) is 59.4 Å². The maximum atomic E-state index is 13.7. The molecule has 0 radical (unpaired) electrons. The molecular formula is C26H26N4O4. The molecule has 4 aromatic rings. The first-order valence-corrected chi connectivity index (χ1v) is 11.3. The van der Waals surface area contributed by atoms with Crippen molar-refractivity contribution in [3.8, 4) is 5.75 Å². The van der Waals surface area contributed by atoms with E-state index in [1.165, 1.54) is 11.7 Å². The number of Topliss-reactive ketones (excluding diaryl/α,β-unsaturated/α-hetero) is 1. The van der Waals surface area contributed by atoms with Gasteiger partial charge in [0.15, 0.2) is 11.5 Å². The molecule has 1 amide bonds. The number of carbonyl (C=O) groups excluding carboxylic acids is 2. The third kappa shape index (κ3) is 3.56. The van der Waals surface area contributed by atoms with Crippen LogP contribution in [0, 0.1) is 0 Å². The fourth-order valence-corrected chi connectivity index (χ4v) is 4.74. The van der Waals surface area contributed by atoms with E-state index >= 15 is 0 Å². The van der Waals surface area contributed by atoms with E-state index in [0.717, 1.165) is 24.9 Å². The second kappa shape index (κ2) is 8.79. The number of fused-ring (bicyclic) bond motifs is 3. The average Bonchev–Trinajstić information content (AvgIpc) is 3.54. The Kier molecular flexibility index (Phi) is 5.67. The molecule has 0 saturated carbocycles. The minimum Gasteiger partial charge on any atom is -0.493 e. The maximum absolute atomic E-state index is 13.7. The van der Waals surface area contributed by atoms with Crippen LogP contribution in [0.1, 0.15) is 27.3 Å². The number of hydrogen-bond donors (Lipinski definition) is 2. The summed E-state index contributed by atoms with van der Waals surface area (Å²) in [6.07, 6.45) is 0.863. The van der Waals surface area contributed by atoms with Gasteiger partial charge in [-0.05, 0) is 19.0 Å². The van der Waals surface area contributed by atoms with Crippen LogP contribution in [0.3, 0.4) is 0 Å². The van der Waals surface area contributed by atoms with Crippen molar-refractivity contribution >= 4 is 33.5 Å². The highest BCUT2D eigenvalue weighted by atomic mass is 16.5. The van der Waals surface area contributed by atoms with Crippen LogP contribution in [0.2, 0.25) is 0 Å². The lowest BCUT2D eigenvalue weighted by Crippen LogP contribution is -2.38. The van der Waals surface area contributed by atoms with Crippen molar-refractivity contribution < 1.29 is 14.3 Å². The number of rotatable bonds is 6.